The average Bonchev–Trinajstić information content (AvgIpc) is 3.30. The van der Waals surface area contributed by atoms with Crippen molar-refractivity contribution in [2.45, 2.75) is 23.5 Å². The van der Waals surface area contributed by atoms with Crippen molar-refractivity contribution in [3.05, 3.63) is 29.0 Å². The number of pyridine rings is 1. The van der Waals surface area contributed by atoms with Gasteiger partial charge < -0.3 is 10.2 Å². The van der Waals surface area contributed by atoms with Crippen LogP contribution in [0.3, 0.4) is 0 Å². The number of nitrogens with zero attached hydrogens (tertiary/aromatic N) is 2. The maximum atomic E-state index is 12.8. The van der Waals surface area contributed by atoms with Gasteiger partial charge in [-0.15, -0.1) is 0 Å². The molecule has 140 valence electrons. The van der Waals surface area contributed by atoms with Crippen LogP contribution in [0.5, 0.6) is 0 Å². The van der Waals surface area contributed by atoms with E-state index in [2.05, 4.69) is 10.3 Å². The van der Waals surface area contributed by atoms with Gasteiger partial charge in [0.2, 0.25) is 11.8 Å². The molecule has 1 aromatic heterocycles. The fourth-order valence-electron chi connectivity index (χ4n) is 4.41. The van der Waals surface area contributed by atoms with E-state index in [1.807, 2.05) is 6.07 Å². The van der Waals surface area contributed by atoms with E-state index in [1.165, 1.54) is 7.05 Å². The van der Waals surface area contributed by atoms with Gasteiger partial charge in [-0.25, -0.2) is 8.42 Å². The smallest absolute Gasteiger partial charge is 0.226 e. The van der Waals surface area contributed by atoms with Crippen molar-refractivity contribution in [2.24, 2.45) is 11.8 Å². The lowest BCUT2D eigenvalue weighted by Crippen LogP contribution is -2.70. The quantitative estimate of drug-likeness (QED) is 0.805. The Labute approximate surface area is 157 Å². The van der Waals surface area contributed by atoms with E-state index in [9.17, 15) is 18.0 Å². The van der Waals surface area contributed by atoms with Crippen molar-refractivity contribution >= 4 is 33.3 Å². The minimum Gasteiger partial charge on any atom is -0.359 e. The highest BCUT2D eigenvalue weighted by molar-refractivity contribution is 7.93. The van der Waals surface area contributed by atoms with Crippen molar-refractivity contribution in [2.75, 3.05) is 25.9 Å². The first kappa shape index (κ1) is 17.7. The normalized spacial score (nSPS) is 30.7. The third-order valence-corrected chi connectivity index (χ3v) is 8.90. The predicted octanol–water partition coefficient (Wildman–Crippen LogP) is 0.600. The first-order chi connectivity index (χ1) is 12.3. The Morgan fingerprint density at radius 3 is 2.77 bits per heavy atom. The van der Waals surface area contributed by atoms with Crippen LogP contribution >= 0.6 is 11.6 Å². The number of likely N-dealkylation sites (tertiary alicyclic amines) is 1. The predicted molar refractivity (Wildman–Crippen MR) is 95.4 cm³/mol. The molecule has 3 aliphatic rings. The molecule has 1 unspecified atom stereocenters. The largest absolute Gasteiger partial charge is 0.359 e. The Balaban J connectivity index is 1.47. The summed E-state index contributed by atoms with van der Waals surface area (Å²) >= 11 is 6.15. The third kappa shape index (κ3) is 2.45. The Morgan fingerprint density at radius 1 is 1.38 bits per heavy atom. The average molecular weight is 398 g/mol. The molecule has 26 heavy (non-hydrogen) atoms. The van der Waals surface area contributed by atoms with Crippen molar-refractivity contribution in [3.63, 3.8) is 0 Å². The van der Waals surface area contributed by atoms with E-state index in [1.54, 1.807) is 17.3 Å². The number of hydrogen-bond donors (Lipinski definition) is 1. The minimum atomic E-state index is -3.38. The fraction of sp³-hybridized carbons (Fsp3) is 0.588. The number of carbonyl (C=O) groups excluding carboxylic acids is 2. The van der Waals surface area contributed by atoms with E-state index in [0.717, 1.165) is 5.56 Å². The lowest BCUT2D eigenvalue weighted by Gasteiger charge is -2.49. The molecule has 4 rings (SSSR count). The molecule has 3 fully saturated rings. The monoisotopic (exact) mass is 397 g/mol. The van der Waals surface area contributed by atoms with Gasteiger partial charge in [-0.3, -0.25) is 14.6 Å². The lowest BCUT2D eigenvalue weighted by molar-refractivity contribution is -0.141. The summed E-state index contributed by atoms with van der Waals surface area (Å²) in [6.45, 7) is 0.221. The number of hydrogen-bond acceptors (Lipinski definition) is 5. The molecule has 1 N–H and O–H groups in total. The van der Waals surface area contributed by atoms with Crippen LogP contribution in [0.4, 0.5) is 0 Å². The second-order valence-electron chi connectivity index (χ2n) is 7.38. The van der Waals surface area contributed by atoms with Crippen LogP contribution in [0.15, 0.2) is 18.5 Å². The van der Waals surface area contributed by atoms with Crippen molar-refractivity contribution in [1.82, 2.24) is 15.2 Å². The first-order valence-corrected chi connectivity index (χ1v) is 10.7. The molecular weight excluding hydrogens is 378 g/mol. The number of sulfone groups is 1. The number of rotatable bonds is 3. The molecule has 3 heterocycles. The summed E-state index contributed by atoms with van der Waals surface area (Å²) in [4.78, 5) is 30.4. The van der Waals surface area contributed by atoms with Gasteiger partial charge in [-0.1, -0.05) is 11.6 Å². The van der Waals surface area contributed by atoms with Crippen LogP contribution in [0, 0.1) is 11.8 Å². The standard InChI is InChI=1S/C17H20ClN3O4S/c1-19-15(22)13-3-5-26(24,25)17(13)8-21(9-17)16(23)12-6-11(12)10-2-4-20-7-14(10)18/h2,4,7,11-13H,3,5-6,8-9H2,1H3,(H,19,22)/t11-,12+,13?/m0/s1. The van der Waals surface area contributed by atoms with Crippen LogP contribution in [-0.4, -0.2) is 60.8 Å². The molecule has 9 heteroatoms. The molecule has 1 aromatic rings. The number of carbonyl (C=O) groups is 2. The van der Waals surface area contributed by atoms with E-state index in [4.69, 9.17) is 11.6 Å². The van der Waals surface area contributed by atoms with Crippen LogP contribution in [0.2, 0.25) is 5.02 Å². The molecule has 7 nitrogen and oxygen atoms in total. The van der Waals surface area contributed by atoms with Crippen molar-refractivity contribution in [3.8, 4) is 0 Å². The molecule has 1 saturated carbocycles. The molecule has 0 aromatic carbocycles. The topological polar surface area (TPSA) is 96.4 Å². The van der Waals surface area contributed by atoms with Crippen molar-refractivity contribution in [1.29, 1.82) is 0 Å². The number of amides is 2. The third-order valence-electron chi connectivity index (χ3n) is 6.03. The van der Waals surface area contributed by atoms with E-state index >= 15 is 0 Å². The molecule has 2 amide bonds. The highest BCUT2D eigenvalue weighted by Crippen LogP contribution is 2.52. The van der Waals surface area contributed by atoms with E-state index in [0.29, 0.717) is 17.9 Å². The van der Waals surface area contributed by atoms with Crippen LogP contribution in [0.1, 0.15) is 24.3 Å². The van der Waals surface area contributed by atoms with E-state index < -0.39 is 20.5 Å². The molecule has 2 saturated heterocycles. The summed E-state index contributed by atoms with van der Waals surface area (Å²) in [5.74, 6) is -0.992. The lowest BCUT2D eigenvalue weighted by atomic mass is 9.82. The minimum absolute atomic E-state index is 0.00575. The van der Waals surface area contributed by atoms with Gasteiger partial charge >= 0.3 is 0 Å². The zero-order valence-electron chi connectivity index (χ0n) is 14.3. The highest BCUT2D eigenvalue weighted by atomic mass is 35.5. The number of nitrogens with one attached hydrogen (secondary N) is 1. The molecule has 1 spiro atoms. The van der Waals surface area contributed by atoms with Gasteiger partial charge in [0.1, 0.15) is 4.75 Å². The van der Waals surface area contributed by atoms with Gasteiger partial charge in [0.15, 0.2) is 9.84 Å². The molecule has 0 radical (unpaired) electrons. The maximum absolute atomic E-state index is 12.8. The van der Waals surface area contributed by atoms with Gasteiger partial charge in [-0.05, 0) is 30.4 Å². The zero-order valence-corrected chi connectivity index (χ0v) is 15.9. The highest BCUT2D eigenvalue weighted by Gasteiger charge is 2.65. The summed E-state index contributed by atoms with van der Waals surface area (Å²) in [6, 6.07) is 1.82. The van der Waals surface area contributed by atoms with Gasteiger partial charge in [0.25, 0.3) is 0 Å². The Hall–Kier alpha value is -1.67. The second kappa shape index (κ2) is 5.92. The summed E-state index contributed by atoms with van der Waals surface area (Å²) in [5, 5.41) is 3.10. The van der Waals surface area contributed by atoms with Gasteiger partial charge in [0, 0.05) is 38.4 Å². The molecule has 3 atom stereocenters. The summed E-state index contributed by atoms with van der Waals surface area (Å²) in [6.07, 6.45) is 4.24. The molecule has 2 aliphatic heterocycles. The Morgan fingerprint density at radius 2 is 2.12 bits per heavy atom. The second-order valence-corrected chi connectivity index (χ2v) is 10.2. The van der Waals surface area contributed by atoms with E-state index in [-0.39, 0.29) is 42.5 Å². The van der Waals surface area contributed by atoms with Crippen LogP contribution in [0.25, 0.3) is 0 Å². The van der Waals surface area contributed by atoms with Crippen LogP contribution in [-0.2, 0) is 19.4 Å². The van der Waals surface area contributed by atoms with Crippen molar-refractivity contribution < 1.29 is 18.0 Å². The summed E-state index contributed by atoms with van der Waals surface area (Å²) < 4.78 is 24.0. The fourth-order valence-corrected chi connectivity index (χ4v) is 6.98. The Bertz CT molecular complexity index is 882. The van der Waals surface area contributed by atoms with Gasteiger partial charge in [-0.2, -0.15) is 0 Å². The SMILES string of the molecule is CNC(=O)C1CCS(=O)(=O)C12CN(C(=O)[C@@H]1C[C@H]1c1ccncc1Cl)C2. The van der Waals surface area contributed by atoms with Crippen LogP contribution < -0.4 is 5.32 Å². The molecule has 0 bridgehead atoms. The maximum Gasteiger partial charge on any atom is 0.226 e. The number of halogens is 1. The Kier molecular flexibility index (Phi) is 4.04. The first-order valence-electron chi connectivity index (χ1n) is 8.63. The molecular formula is C17H20ClN3O4S. The summed E-state index contributed by atoms with van der Waals surface area (Å²) in [5.41, 5.74) is 0.909. The molecule has 1 aliphatic carbocycles. The summed E-state index contributed by atoms with van der Waals surface area (Å²) in [7, 11) is -1.87. The number of aromatic nitrogens is 1. The van der Waals surface area contributed by atoms with Gasteiger partial charge in [0.05, 0.1) is 16.7 Å². The zero-order chi connectivity index (χ0) is 18.7.